The maximum Gasteiger partial charge on any atom is 0.280 e. The van der Waals surface area contributed by atoms with Gasteiger partial charge in [0.05, 0.1) is 19.0 Å². The number of aromatic nitrogens is 4. The molecule has 96 valence electrons. The number of nitrogens with one attached hydrogen (secondary N) is 2. The molecule has 0 aliphatic carbocycles. The molecule has 3 heterocycles. The van der Waals surface area contributed by atoms with Gasteiger partial charge in [-0.15, -0.1) is 0 Å². The van der Waals surface area contributed by atoms with Crippen LogP contribution < -0.4 is 16.6 Å². The van der Waals surface area contributed by atoms with E-state index in [2.05, 4.69) is 20.3 Å². The second-order valence-electron chi connectivity index (χ2n) is 4.45. The molecule has 18 heavy (non-hydrogen) atoms. The van der Waals surface area contributed by atoms with Gasteiger partial charge in [0.15, 0.2) is 11.2 Å². The van der Waals surface area contributed by atoms with Crippen LogP contribution in [0.15, 0.2) is 11.1 Å². The fourth-order valence-corrected chi connectivity index (χ4v) is 2.36. The quantitative estimate of drug-likeness (QED) is 0.520. The fraction of sp³-hybridized carbons (Fsp3) is 0.500. The lowest BCUT2D eigenvalue weighted by molar-refractivity contribution is 0.253. The predicted octanol–water partition coefficient (Wildman–Crippen LogP) is -1.40. The van der Waals surface area contributed by atoms with Crippen LogP contribution in [0.1, 0.15) is 12.5 Å². The Morgan fingerprint density at radius 3 is 3.17 bits per heavy atom. The molecule has 1 aliphatic rings. The van der Waals surface area contributed by atoms with Crippen LogP contribution in [-0.4, -0.2) is 43.8 Å². The lowest BCUT2D eigenvalue weighted by Crippen LogP contribution is -2.24. The Morgan fingerprint density at radius 2 is 2.44 bits per heavy atom. The molecule has 0 amide bonds. The first-order valence-electron chi connectivity index (χ1n) is 5.75. The zero-order valence-electron chi connectivity index (χ0n) is 9.63. The van der Waals surface area contributed by atoms with Crippen LogP contribution in [0.2, 0.25) is 0 Å². The molecule has 0 bridgehead atoms. The number of imidazole rings is 1. The maximum absolute atomic E-state index is 11.6. The minimum Gasteiger partial charge on any atom is -0.395 e. The van der Waals surface area contributed by atoms with E-state index < -0.39 is 0 Å². The Hall–Kier alpha value is -1.93. The Bertz CT molecular complexity index is 633. The lowest BCUT2D eigenvalue weighted by Gasteiger charge is -2.11. The van der Waals surface area contributed by atoms with E-state index in [4.69, 9.17) is 10.8 Å². The predicted molar refractivity (Wildman–Crippen MR) is 65.1 cm³/mol. The van der Waals surface area contributed by atoms with Crippen molar-refractivity contribution in [3.63, 3.8) is 0 Å². The molecule has 8 nitrogen and oxygen atoms in total. The molecule has 1 fully saturated rings. The van der Waals surface area contributed by atoms with Crippen molar-refractivity contribution in [2.24, 2.45) is 0 Å². The van der Waals surface area contributed by atoms with Crippen molar-refractivity contribution in [1.29, 1.82) is 0 Å². The number of hydrogen-bond acceptors (Lipinski definition) is 6. The van der Waals surface area contributed by atoms with Crippen molar-refractivity contribution in [2.75, 3.05) is 18.9 Å². The van der Waals surface area contributed by atoms with Crippen LogP contribution in [-0.2, 0) is 0 Å². The summed E-state index contributed by atoms with van der Waals surface area (Å²) in [6.07, 6.45) is 2.37. The highest BCUT2D eigenvalue weighted by atomic mass is 16.3. The summed E-state index contributed by atoms with van der Waals surface area (Å²) in [6.45, 7) is 0.810. The number of anilines is 1. The molecule has 0 spiro atoms. The SMILES string of the molecule is Nc1nc2c(ncn2[C@H]2CN[C@@H](CO)C2)c(=O)[nH]1. The van der Waals surface area contributed by atoms with Crippen molar-refractivity contribution in [2.45, 2.75) is 18.5 Å². The van der Waals surface area contributed by atoms with Crippen molar-refractivity contribution in [3.05, 3.63) is 16.7 Å². The van der Waals surface area contributed by atoms with E-state index in [0.29, 0.717) is 12.2 Å². The van der Waals surface area contributed by atoms with Crippen LogP contribution in [0.25, 0.3) is 11.2 Å². The average Bonchev–Trinajstić information content (AvgIpc) is 2.93. The van der Waals surface area contributed by atoms with Gasteiger partial charge in [-0.25, -0.2) is 4.98 Å². The highest BCUT2D eigenvalue weighted by molar-refractivity contribution is 5.70. The third kappa shape index (κ3) is 1.66. The first-order valence-corrected chi connectivity index (χ1v) is 5.75. The molecule has 0 radical (unpaired) electrons. The largest absolute Gasteiger partial charge is 0.395 e. The highest BCUT2D eigenvalue weighted by Gasteiger charge is 2.26. The second kappa shape index (κ2) is 4.07. The van der Waals surface area contributed by atoms with E-state index in [1.165, 1.54) is 0 Å². The van der Waals surface area contributed by atoms with Crippen LogP contribution in [0.3, 0.4) is 0 Å². The number of hydrogen-bond donors (Lipinski definition) is 4. The van der Waals surface area contributed by atoms with Gasteiger partial charge in [-0.2, -0.15) is 4.98 Å². The van der Waals surface area contributed by atoms with E-state index in [-0.39, 0.29) is 35.7 Å². The van der Waals surface area contributed by atoms with Crippen LogP contribution in [0.4, 0.5) is 5.95 Å². The summed E-state index contributed by atoms with van der Waals surface area (Å²) in [6, 6.07) is 0.202. The number of fused-ring (bicyclic) bond motifs is 1. The summed E-state index contributed by atoms with van der Waals surface area (Å²) in [5.74, 6) is 0.0823. The van der Waals surface area contributed by atoms with Crippen molar-refractivity contribution in [3.8, 4) is 0 Å². The molecule has 8 heteroatoms. The fourth-order valence-electron chi connectivity index (χ4n) is 2.36. The number of aromatic amines is 1. The van der Waals surface area contributed by atoms with Gasteiger partial charge in [-0.3, -0.25) is 9.78 Å². The Labute approximate surface area is 102 Å². The molecule has 5 N–H and O–H groups in total. The van der Waals surface area contributed by atoms with Gasteiger partial charge in [-0.1, -0.05) is 0 Å². The zero-order chi connectivity index (χ0) is 12.7. The Kier molecular flexibility index (Phi) is 2.53. The molecular weight excluding hydrogens is 236 g/mol. The van der Waals surface area contributed by atoms with E-state index in [1.807, 2.05) is 4.57 Å². The number of rotatable bonds is 2. The van der Waals surface area contributed by atoms with E-state index >= 15 is 0 Å². The first kappa shape index (κ1) is 11.2. The van der Waals surface area contributed by atoms with Crippen LogP contribution in [0.5, 0.6) is 0 Å². The second-order valence-corrected chi connectivity index (χ2v) is 4.45. The molecular formula is C10H14N6O2. The number of aliphatic hydroxyl groups is 1. The minimum absolute atomic E-state index is 0.0757. The van der Waals surface area contributed by atoms with Gasteiger partial charge in [0.25, 0.3) is 5.56 Å². The van der Waals surface area contributed by atoms with Gasteiger partial charge in [0.1, 0.15) is 0 Å². The van der Waals surface area contributed by atoms with Crippen LogP contribution in [0, 0.1) is 0 Å². The molecule has 2 aromatic heterocycles. The standard InChI is InChI=1S/C10H14N6O2/c11-10-14-8-7(9(18)15-10)13-4-16(8)6-1-5(3-17)12-2-6/h4-6,12,17H,1-3H2,(H3,11,14,15,18)/t5-,6-/m1/s1. The van der Waals surface area contributed by atoms with E-state index in [0.717, 1.165) is 6.42 Å². The third-order valence-corrected chi connectivity index (χ3v) is 3.26. The zero-order valence-corrected chi connectivity index (χ0v) is 9.63. The molecule has 2 atom stereocenters. The minimum atomic E-state index is -0.332. The number of H-pyrrole nitrogens is 1. The molecule has 1 saturated heterocycles. The number of nitrogens with two attached hydrogens (primary N) is 1. The highest BCUT2D eigenvalue weighted by Crippen LogP contribution is 2.22. The summed E-state index contributed by atoms with van der Waals surface area (Å²) in [5, 5.41) is 12.3. The maximum atomic E-state index is 11.6. The molecule has 2 aromatic rings. The van der Waals surface area contributed by atoms with Gasteiger partial charge >= 0.3 is 0 Å². The van der Waals surface area contributed by atoms with Gasteiger partial charge in [-0.05, 0) is 6.42 Å². The monoisotopic (exact) mass is 250 g/mol. The topological polar surface area (TPSA) is 122 Å². The number of nitrogens with zero attached hydrogens (tertiary/aromatic N) is 3. The third-order valence-electron chi connectivity index (χ3n) is 3.26. The van der Waals surface area contributed by atoms with Crippen LogP contribution >= 0.6 is 0 Å². The normalized spacial score (nSPS) is 23.8. The molecule has 1 aliphatic heterocycles. The molecule has 3 rings (SSSR count). The summed E-state index contributed by atoms with van der Waals surface area (Å²) in [4.78, 5) is 22.2. The molecule has 0 aromatic carbocycles. The summed E-state index contributed by atoms with van der Waals surface area (Å²) in [7, 11) is 0. The van der Waals surface area contributed by atoms with Crippen molar-refractivity contribution < 1.29 is 5.11 Å². The van der Waals surface area contributed by atoms with E-state index in [9.17, 15) is 4.79 Å². The number of nitrogen functional groups attached to an aromatic ring is 1. The Morgan fingerprint density at radius 1 is 1.61 bits per heavy atom. The average molecular weight is 250 g/mol. The Balaban J connectivity index is 2.05. The van der Waals surface area contributed by atoms with Gasteiger partial charge in [0, 0.05) is 12.6 Å². The van der Waals surface area contributed by atoms with Crippen molar-refractivity contribution in [1.82, 2.24) is 24.8 Å². The van der Waals surface area contributed by atoms with Gasteiger partial charge in [0.2, 0.25) is 5.95 Å². The first-order chi connectivity index (χ1) is 8.69. The molecule has 0 saturated carbocycles. The van der Waals surface area contributed by atoms with E-state index in [1.54, 1.807) is 6.33 Å². The summed E-state index contributed by atoms with van der Waals surface area (Å²) >= 11 is 0. The van der Waals surface area contributed by atoms with Crippen molar-refractivity contribution >= 4 is 17.1 Å². The number of aliphatic hydroxyl groups excluding tert-OH is 1. The smallest absolute Gasteiger partial charge is 0.280 e. The molecule has 0 unspecified atom stereocenters. The van der Waals surface area contributed by atoms with Gasteiger partial charge < -0.3 is 20.7 Å². The summed E-state index contributed by atoms with van der Waals surface area (Å²) in [5.41, 5.74) is 5.99. The lowest BCUT2D eigenvalue weighted by atomic mass is 10.2. The summed E-state index contributed by atoms with van der Waals surface area (Å²) < 4.78 is 1.84.